The van der Waals surface area contributed by atoms with Crippen molar-refractivity contribution >= 4 is 11.7 Å². The molecule has 0 saturated carbocycles. The summed E-state index contributed by atoms with van der Waals surface area (Å²) in [5.41, 5.74) is 6.32. The monoisotopic (exact) mass is 234 g/mol. The third-order valence-electron chi connectivity index (χ3n) is 2.21. The van der Waals surface area contributed by atoms with Crippen molar-refractivity contribution in [3.8, 4) is 11.8 Å². The number of hydrogen-bond acceptors (Lipinski definition) is 5. The second kappa shape index (κ2) is 5.75. The van der Waals surface area contributed by atoms with Gasteiger partial charge in [-0.25, -0.2) is 4.79 Å². The van der Waals surface area contributed by atoms with Crippen molar-refractivity contribution in [1.29, 1.82) is 5.26 Å². The summed E-state index contributed by atoms with van der Waals surface area (Å²) in [7, 11) is 1.44. The molecular formula is C12H14N2O3. The Bertz CT molecular complexity index is 452. The topological polar surface area (TPSA) is 85.3 Å². The maximum atomic E-state index is 11.8. The number of methoxy groups -OCH3 is 1. The fourth-order valence-corrected chi connectivity index (χ4v) is 1.27. The Morgan fingerprint density at radius 1 is 1.59 bits per heavy atom. The normalized spacial score (nSPS) is 11.4. The van der Waals surface area contributed by atoms with E-state index in [-0.39, 0.29) is 5.56 Å². The van der Waals surface area contributed by atoms with Gasteiger partial charge in [0.1, 0.15) is 17.4 Å². The Morgan fingerprint density at radius 2 is 2.29 bits per heavy atom. The second-order valence-corrected chi connectivity index (χ2v) is 3.39. The molecule has 0 heterocycles. The number of hydrogen-bond donors (Lipinski definition) is 1. The lowest BCUT2D eigenvalue weighted by Gasteiger charge is -2.11. The number of carbonyl (C=O) groups excluding carboxylic acids is 1. The first-order valence-corrected chi connectivity index (χ1v) is 5.16. The van der Waals surface area contributed by atoms with Crippen LogP contribution in [0, 0.1) is 11.3 Å². The Labute approximate surface area is 99.7 Å². The first-order chi connectivity index (χ1) is 8.12. The summed E-state index contributed by atoms with van der Waals surface area (Å²) in [6.45, 7) is 1.77. The number of nitriles is 1. The number of nitrogens with zero attached hydrogens (tertiary/aromatic N) is 1. The molecule has 5 nitrogen and oxygen atoms in total. The van der Waals surface area contributed by atoms with E-state index < -0.39 is 12.1 Å². The van der Waals surface area contributed by atoms with E-state index in [4.69, 9.17) is 20.5 Å². The van der Waals surface area contributed by atoms with Gasteiger partial charge in [-0.2, -0.15) is 5.26 Å². The van der Waals surface area contributed by atoms with Gasteiger partial charge in [-0.05, 0) is 18.6 Å². The SMILES string of the molecule is CCC(C#N)OC(=O)c1ccc(N)cc1OC. The molecule has 0 amide bonds. The van der Waals surface area contributed by atoms with Crippen LogP contribution in [0.3, 0.4) is 0 Å². The minimum atomic E-state index is -0.746. The molecule has 0 saturated heterocycles. The van der Waals surface area contributed by atoms with Crippen LogP contribution in [0.1, 0.15) is 23.7 Å². The molecule has 90 valence electrons. The van der Waals surface area contributed by atoms with Gasteiger partial charge in [0.25, 0.3) is 0 Å². The Balaban J connectivity index is 2.93. The molecule has 0 aliphatic carbocycles. The Morgan fingerprint density at radius 3 is 2.82 bits per heavy atom. The van der Waals surface area contributed by atoms with E-state index in [1.165, 1.54) is 19.2 Å². The van der Waals surface area contributed by atoms with Gasteiger partial charge in [0.05, 0.1) is 7.11 Å². The van der Waals surface area contributed by atoms with Gasteiger partial charge in [-0.3, -0.25) is 0 Å². The minimum Gasteiger partial charge on any atom is -0.496 e. The number of nitrogens with two attached hydrogens (primary N) is 1. The van der Waals surface area contributed by atoms with Crippen molar-refractivity contribution in [2.75, 3.05) is 12.8 Å². The number of ether oxygens (including phenoxy) is 2. The van der Waals surface area contributed by atoms with Crippen LogP contribution >= 0.6 is 0 Å². The zero-order chi connectivity index (χ0) is 12.8. The van der Waals surface area contributed by atoms with Crippen LogP contribution in [0.25, 0.3) is 0 Å². The summed E-state index contributed by atoms with van der Waals surface area (Å²) in [4.78, 5) is 11.8. The third kappa shape index (κ3) is 3.11. The number of anilines is 1. The van der Waals surface area contributed by atoms with Crippen LogP contribution in [0.15, 0.2) is 18.2 Å². The van der Waals surface area contributed by atoms with Crippen LogP contribution in [0.4, 0.5) is 5.69 Å². The van der Waals surface area contributed by atoms with Crippen molar-refractivity contribution in [3.05, 3.63) is 23.8 Å². The van der Waals surface area contributed by atoms with E-state index in [2.05, 4.69) is 0 Å². The van der Waals surface area contributed by atoms with E-state index in [0.29, 0.717) is 17.9 Å². The minimum absolute atomic E-state index is 0.260. The van der Waals surface area contributed by atoms with Crippen LogP contribution in [0.5, 0.6) is 5.75 Å². The number of carbonyl (C=O) groups is 1. The molecule has 1 aromatic carbocycles. The van der Waals surface area contributed by atoms with E-state index in [0.717, 1.165) is 0 Å². The average molecular weight is 234 g/mol. The maximum absolute atomic E-state index is 11.8. The molecule has 0 spiro atoms. The summed E-state index contributed by atoms with van der Waals surface area (Å²) in [5.74, 6) is -0.252. The molecule has 17 heavy (non-hydrogen) atoms. The van der Waals surface area contributed by atoms with Gasteiger partial charge in [0, 0.05) is 11.8 Å². The fourth-order valence-electron chi connectivity index (χ4n) is 1.27. The van der Waals surface area contributed by atoms with Crippen molar-refractivity contribution in [3.63, 3.8) is 0 Å². The first-order valence-electron chi connectivity index (χ1n) is 5.16. The lowest BCUT2D eigenvalue weighted by Crippen LogP contribution is -2.16. The number of esters is 1. The molecule has 0 aliphatic rings. The largest absolute Gasteiger partial charge is 0.496 e. The molecule has 1 aromatic rings. The molecule has 0 radical (unpaired) electrons. The third-order valence-corrected chi connectivity index (χ3v) is 2.21. The second-order valence-electron chi connectivity index (χ2n) is 3.39. The quantitative estimate of drug-likeness (QED) is 0.633. The van der Waals surface area contributed by atoms with Gasteiger partial charge >= 0.3 is 5.97 Å². The van der Waals surface area contributed by atoms with Gasteiger partial charge in [0.2, 0.25) is 0 Å². The van der Waals surface area contributed by atoms with E-state index in [9.17, 15) is 4.79 Å². The molecule has 1 unspecified atom stereocenters. The average Bonchev–Trinajstić information content (AvgIpc) is 2.35. The summed E-state index contributed by atoms with van der Waals surface area (Å²) in [5, 5.41) is 8.71. The van der Waals surface area contributed by atoms with Crippen molar-refractivity contribution < 1.29 is 14.3 Å². The molecule has 1 atom stereocenters. The summed E-state index contributed by atoms with van der Waals surface area (Å²) < 4.78 is 10.0. The standard InChI is InChI=1S/C12H14N2O3/c1-3-9(7-13)17-12(15)10-5-4-8(14)6-11(10)16-2/h4-6,9H,3,14H2,1-2H3. The van der Waals surface area contributed by atoms with Crippen molar-refractivity contribution in [2.45, 2.75) is 19.4 Å². The van der Waals surface area contributed by atoms with E-state index in [1.54, 1.807) is 13.0 Å². The molecule has 5 heteroatoms. The predicted octanol–water partition coefficient (Wildman–Crippen LogP) is 1.74. The van der Waals surface area contributed by atoms with Crippen LogP contribution < -0.4 is 10.5 Å². The maximum Gasteiger partial charge on any atom is 0.343 e. The molecule has 0 fully saturated rings. The highest BCUT2D eigenvalue weighted by Crippen LogP contribution is 2.22. The van der Waals surface area contributed by atoms with Crippen molar-refractivity contribution in [2.24, 2.45) is 0 Å². The molecular weight excluding hydrogens is 220 g/mol. The molecule has 1 rings (SSSR count). The van der Waals surface area contributed by atoms with Crippen molar-refractivity contribution in [1.82, 2.24) is 0 Å². The van der Waals surface area contributed by atoms with Crippen LogP contribution in [-0.4, -0.2) is 19.2 Å². The molecule has 2 N–H and O–H groups in total. The molecule has 0 aliphatic heterocycles. The van der Waals surface area contributed by atoms with E-state index >= 15 is 0 Å². The highest BCUT2D eigenvalue weighted by Gasteiger charge is 2.17. The molecule has 0 aromatic heterocycles. The van der Waals surface area contributed by atoms with Crippen LogP contribution in [-0.2, 0) is 4.74 Å². The van der Waals surface area contributed by atoms with Gasteiger partial charge in [-0.15, -0.1) is 0 Å². The summed E-state index contributed by atoms with van der Waals surface area (Å²) >= 11 is 0. The lowest BCUT2D eigenvalue weighted by molar-refractivity contribution is 0.0397. The number of benzene rings is 1. The summed E-state index contributed by atoms with van der Waals surface area (Å²) in [6.07, 6.45) is -0.302. The van der Waals surface area contributed by atoms with E-state index in [1.807, 2.05) is 6.07 Å². The highest BCUT2D eigenvalue weighted by molar-refractivity contribution is 5.93. The zero-order valence-corrected chi connectivity index (χ0v) is 9.77. The fraction of sp³-hybridized carbons (Fsp3) is 0.333. The first kappa shape index (κ1) is 12.8. The van der Waals surface area contributed by atoms with Gasteiger partial charge in [-0.1, -0.05) is 6.92 Å². The van der Waals surface area contributed by atoms with Gasteiger partial charge in [0.15, 0.2) is 6.10 Å². The summed E-state index contributed by atoms with van der Waals surface area (Å²) in [6, 6.07) is 6.51. The Kier molecular flexibility index (Phi) is 4.35. The van der Waals surface area contributed by atoms with Gasteiger partial charge < -0.3 is 15.2 Å². The molecule has 0 bridgehead atoms. The highest BCUT2D eigenvalue weighted by atomic mass is 16.5. The zero-order valence-electron chi connectivity index (χ0n) is 9.77. The number of nitrogen functional groups attached to an aromatic ring is 1. The smallest absolute Gasteiger partial charge is 0.343 e. The van der Waals surface area contributed by atoms with Crippen LogP contribution in [0.2, 0.25) is 0 Å². The predicted molar refractivity (Wildman–Crippen MR) is 62.5 cm³/mol. The lowest BCUT2D eigenvalue weighted by atomic mass is 10.2. The Hall–Kier alpha value is -2.22. The number of rotatable bonds is 4.